The number of hydrogen-bond acceptors (Lipinski definition) is 7. The lowest BCUT2D eigenvalue weighted by atomic mass is 10.2. The summed E-state index contributed by atoms with van der Waals surface area (Å²) in [5.74, 6) is 1.57. The van der Waals surface area contributed by atoms with E-state index in [1.165, 1.54) is 0 Å². The Hall–Kier alpha value is -3.39. The van der Waals surface area contributed by atoms with Gasteiger partial charge in [-0.2, -0.15) is 0 Å². The van der Waals surface area contributed by atoms with Gasteiger partial charge in [-0.25, -0.2) is 14.6 Å². The van der Waals surface area contributed by atoms with Crippen LogP contribution in [0.5, 0.6) is 0 Å². The largest absolute Gasteiger partial charge is 0.378 e. The lowest BCUT2D eigenvalue weighted by molar-refractivity contribution is 0.122. The quantitative estimate of drug-likeness (QED) is 0.449. The van der Waals surface area contributed by atoms with E-state index in [1.54, 1.807) is 0 Å². The maximum absolute atomic E-state index is 5.52. The van der Waals surface area contributed by atoms with Gasteiger partial charge in [-0.3, -0.25) is 4.98 Å². The second kappa shape index (κ2) is 11.5. The number of nitrogens with zero attached hydrogens (tertiary/aromatic N) is 7. The first-order chi connectivity index (χ1) is 15.8. The molecule has 1 saturated heterocycles. The summed E-state index contributed by atoms with van der Waals surface area (Å²) in [6.07, 6.45) is 4.72. The molecule has 0 spiro atoms. The highest BCUT2D eigenvalue weighted by molar-refractivity contribution is 5.87. The topological polar surface area (TPSA) is 81.9 Å². The Kier molecular flexibility index (Phi) is 8.43. The first-order valence-electron chi connectivity index (χ1n) is 11.2. The Bertz CT molecular complexity index is 1150. The number of aromatic nitrogens is 6. The molecule has 0 bridgehead atoms. The summed E-state index contributed by atoms with van der Waals surface area (Å²) in [7, 11) is 0. The van der Waals surface area contributed by atoms with E-state index in [1.807, 2.05) is 61.3 Å². The average molecular weight is 448 g/mol. The molecular formula is C25H33N7O. The van der Waals surface area contributed by atoms with E-state index in [4.69, 9.17) is 19.7 Å². The smallest absolute Gasteiger partial charge is 0.162 e. The Morgan fingerprint density at radius 1 is 1.03 bits per heavy atom. The second-order valence-corrected chi connectivity index (χ2v) is 7.31. The molecule has 0 saturated carbocycles. The van der Waals surface area contributed by atoms with Crippen molar-refractivity contribution in [1.29, 1.82) is 0 Å². The first kappa shape index (κ1) is 24.3. The molecule has 0 aliphatic carbocycles. The van der Waals surface area contributed by atoms with Gasteiger partial charge in [0.1, 0.15) is 5.52 Å². The normalized spacial score (nSPS) is 13.2. The standard InChI is InChI=1S/C22H23N7O.C2H6.CH4/c1-2-18-15-29(27-26-18)14-16-12-19-20(23-13-16)22(28-8-10-30-11-9-28)25-21(24-19)17-6-4-3-5-7-17;1-2;/h3-7,12-13,15H,2,8-11,14H2,1H3;1-2H3;1H4. The molecule has 0 N–H and O–H groups in total. The van der Waals surface area contributed by atoms with Gasteiger partial charge >= 0.3 is 0 Å². The fraction of sp³-hybridized carbons (Fsp3) is 0.400. The van der Waals surface area contributed by atoms with Gasteiger partial charge in [0, 0.05) is 31.0 Å². The van der Waals surface area contributed by atoms with E-state index >= 15 is 0 Å². The molecule has 8 nitrogen and oxygen atoms in total. The fourth-order valence-electron chi connectivity index (χ4n) is 3.61. The van der Waals surface area contributed by atoms with Crippen molar-refractivity contribution in [2.45, 2.75) is 41.2 Å². The molecule has 1 aliphatic heterocycles. The monoisotopic (exact) mass is 447 g/mol. The number of fused-ring (bicyclic) bond motifs is 1. The van der Waals surface area contributed by atoms with Gasteiger partial charge in [0.05, 0.1) is 31.0 Å². The highest BCUT2D eigenvalue weighted by Gasteiger charge is 2.19. The molecule has 8 heteroatoms. The Morgan fingerprint density at radius 2 is 1.79 bits per heavy atom. The number of rotatable bonds is 5. The van der Waals surface area contributed by atoms with Crippen LogP contribution in [0.4, 0.5) is 5.82 Å². The summed E-state index contributed by atoms with van der Waals surface area (Å²) in [6.45, 7) is 9.65. The van der Waals surface area contributed by atoms with Gasteiger partial charge in [0.25, 0.3) is 0 Å². The lowest BCUT2D eigenvalue weighted by Crippen LogP contribution is -2.37. The first-order valence-corrected chi connectivity index (χ1v) is 11.2. The predicted octanol–water partition coefficient (Wildman–Crippen LogP) is 4.39. The van der Waals surface area contributed by atoms with Crippen molar-refractivity contribution in [3.8, 4) is 11.4 Å². The lowest BCUT2D eigenvalue weighted by Gasteiger charge is -2.28. The van der Waals surface area contributed by atoms with Crippen LogP contribution in [0.1, 0.15) is 39.5 Å². The van der Waals surface area contributed by atoms with Crippen molar-refractivity contribution < 1.29 is 4.74 Å². The maximum Gasteiger partial charge on any atom is 0.162 e. The highest BCUT2D eigenvalue weighted by Crippen LogP contribution is 2.27. The van der Waals surface area contributed by atoms with Crippen LogP contribution in [0.3, 0.4) is 0 Å². The third-order valence-electron chi connectivity index (χ3n) is 5.21. The summed E-state index contributed by atoms with van der Waals surface area (Å²) < 4.78 is 7.36. The Balaban J connectivity index is 0.000000994. The fourth-order valence-corrected chi connectivity index (χ4v) is 3.61. The van der Waals surface area contributed by atoms with Crippen LogP contribution in [-0.4, -0.2) is 56.2 Å². The van der Waals surface area contributed by atoms with Gasteiger partial charge in [-0.05, 0) is 18.1 Å². The van der Waals surface area contributed by atoms with Crippen LogP contribution in [-0.2, 0) is 17.7 Å². The molecule has 4 heterocycles. The molecule has 1 aromatic carbocycles. The van der Waals surface area contributed by atoms with Crippen LogP contribution < -0.4 is 4.90 Å². The molecule has 0 unspecified atom stereocenters. The number of pyridine rings is 1. The molecule has 0 radical (unpaired) electrons. The minimum atomic E-state index is 0. The van der Waals surface area contributed by atoms with Crippen molar-refractivity contribution in [3.63, 3.8) is 0 Å². The molecule has 0 amide bonds. The number of anilines is 1. The van der Waals surface area contributed by atoms with Crippen molar-refractivity contribution in [2.75, 3.05) is 31.2 Å². The van der Waals surface area contributed by atoms with Crippen LogP contribution in [0, 0.1) is 0 Å². The maximum atomic E-state index is 5.52. The highest BCUT2D eigenvalue weighted by atomic mass is 16.5. The predicted molar refractivity (Wildman–Crippen MR) is 132 cm³/mol. The number of morpholine rings is 1. The molecule has 1 aliphatic rings. The Morgan fingerprint density at radius 3 is 2.48 bits per heavy atom. The summed E-state index contributed by atoms with van der Waals surface area (Å²) in [4.78, 5) is 16.7. The summed E-state index contributed by atoms with van der Waals surface area (Å²) >= 11 is 0. The van der Waals surface area contributed by atoms with Crippen molar-refractivity contribution in [2.24, 2.45) is 0 Å². The number of hydrogen-bond donors (Lipinski definition) is 0. The zero-order chi connectivity index (χ0) is 22.3. The summed E-state index contributed by atoms with van der Waals surface area (Å²) in [6, 6.07) is 12.1. The van der Waals surface area contributed by atoms with E-state index in [9.17, 15) is 0 Å². The molecule has 3 aromatic heterocycles. The molecular weight excluding hydrogens is 414 g/mol. The van der Waals surface area contributed by atoms with Crippen molar-refractivity contribution in [1.82, 2.24) is 29.9 Å². The summed E-state index contributed by atoms with van der Waals surface area (Å²) in [5, 5.41) is 8.37. The Labute approximate surface area is 195 Å². The molecule has 5 rings (SSSR count). The van der Waals surface area contributed by atoms with Crippen LogP contribution in [0.25, 0.3) is 22.4 Å². The zero-order valence-corrected chi connectivity index (χ0v) is 18.9. The van der Waals surface area contributed by atoms with E-state index in [2.05, 4.69) is 28.2 Å². The minimum absolute atomic E-state index is 0. The van der Waals surface area contributed by atoms with Gasteiger partial charge in [-0.1, -0.05) is 63.7 Å². The minimum Gasteiger partial charge on any atom is -0.378 e. The molecule has 0 atom stereocenters. The number of aryl methyl sites for hydroxylation is 1. The van der Waals surface area contributed by atoms with Gasteiger partial charge in [0.15, 0.2) is 11.6 Å². The third kappa shape index (κ3) is 5.51. The molecule has 1 fully saturated rings. The average Bonchev–Trinajstić information content (AvgIpc) is 3.33. The van der Waals surface area contributed by atoms with E-state index in [0.29, 0.717) is 25.6 Å². The molecule has 4 aromatic rings. The van der Waals surface area contributed by atoms with E-state index < -0.39 is 0 Å². The van der Waals surface area contributed by atoms with Gasteiger partial charge in [-0.15, -0.1) is 5.10 Å². The van der Waals surface area contributed by atoms with Crippen LogP contribution >= 0.6 is 0 Å². The van der Waals surface area contributed by atoms with E-state index in [0.717, 1.165) is 53.2 Å². The van der Waals surface area contributed by atoms with Crippen molar-refractivity contribution in [3.05, 3.63) is 60.0 Å². The number of benzene rings is 1. The number of ether oxygens (including phenoxy) is 1. The third-order valence-corrected chi connectivity index (χ3v) is 5.21. The summed E-state index contributed by atoms with van der Waals surface area (Å²) in [5.41, 5.74) is 4.64. The van der Waals surface area contributed by atoms with Gasteiger partial charge in [0.2, 0.25) is 0 Å². The van der Waals surface area contributed by atoms with Crippen LogP contribution in [0.2, 0.25) is 0 Å². The molecule has 174 valence electrons. The van der Waals surface area contributed by atoms with Gasteiger partial charge < -0.3 is 9.64 Å². The molecule has 33 heavy (non-hydrogen) atoms. The van der Waals surface area contributed by atoms with E-state index in [-0.39, 0.29) is 7.43 Å². The SMILES string of the molecule is C.CC.CCc1cn(Cc2cnc3c(N4CCOCC4)nc(-c4ccccc4)nc3c2)nn1. The van der Waals surface area contributed by atoms with Crippen LogP contribution in [0.15, 0.2) is 48.8 Å². The zero-order valence-electron chi connectivity index (χ0n) is 18.9. The second-order valence-electron chi connectivity index (χ2n) is 7.31. The van der Waals surface area contributed by atoms with Crippen molar-refractivity contribution >= 4 is 16.9 Å².